The molecule has 2 aliphatic heterocycles. The molecular formula is C26H30N2O5. The Morgan fingerprint density at radius 3 is 2.33 bits per heavy atom. The average molecular weight is 451 g/mol. The van der Waals surface area contributed by atoms with Gasteiger partial charge >= 0.3 is 6.09 Å². The van der Waals surface area contributed by atoms with Crippen molar-refractivity contribution >= 4 is 17.7 Å². The normalized spacial score (nSPS) is 18.0. The molecule has 0 saturated heterocycles. The van der Waals surface area contributed by atoms with Gasteiger partial charge in [0.1, 0.15) is 5.60 Å². The lowest BCUT2D eigenvalue weighted by Gasteiger charge is -2.40. The smallest absolute Gasteiger partial charge is 0.417 e. The highest BCUT2D eigenvalue weighted by molar-refractivity contribution is 6.06. The summed E-state index contributed by atoms with van der Waals surface area (Å²) in [6.07, 6.45) is 1.99. The highest BCUT2D eigenvalue weighted by atomic mass is 16.6. The fraction of sp³-hybridized carbons (Fsp3) is 0.385. The standard InChI is InChI=1S/C26H30N2O5/c1-26(2,3)33-25(30)28-14-12-19(24(28)29)23-20-16-22(32-5)21(31-4)15-17(20)11-13-27(23)18-9-7-6-8-10-18/h6-10,12,15-16,23H,11,13-14H2,1-5H3/t23-/m1/s1. The van der Waals surface area contributed by atoms with E-state index in [-0.39, 0.29) is 18.5 Å². The first kappa shape index (κ1) is 22.7. The molecule has 2 aliphatic rings. The maximum atomic E-state index is 13.5. The number of benzene rings is 2. The molecule has 0 radical (unpaired) electrons. The minimum atomic E-state index is -0.683. The molecule has 2 amide bonds. The molecule has 0 bridgehead atoms. The minimum absolute atomic E-state index is 0.185. The number of anilines is 1. The first-order chi connectivity index (χ1) is 15.7. The van der Waals surface area contributed by atoms with Crippen molar-refractivity contribution in [3.05, 3.63) is 65.2 Å². The number of imide groups is 1. The lowest BCUT2D eigenvalue weighted by atomic mass is 9.87. The number of hydrogen-bond donors (Lipinski definition) is 0. The number of methoxy groups -OCH3 is 2. The summed E-state index contributed by atoms with van der Waals surface area (Å²) in [5, 5.41) is 0. The summed E-state index contributed by atoms with van der Waals surface area (Å²) in [5.41, 5.74) is 2.94. The van der Waals surface area contributed by atoms with Crippen molar-refractivity contribution < 1.29 is 23.8 Å². The summed E-state index contributed by atoms with van der Waals surface area (Å²) in [4.78, 5) is 29.5. The summed E-state index contributed by atoms with van der Waals surface area (Å²) in [7, 11) is 3.21. The number of carbonyl (C=O) groups is 2. The number of para-hydroxylation sites is 1. The molecule has 174 valence electrons. The quantitative estimate of drug-likeness (QED) is 0.683. The molecule has 2 heterocycles. The number of hydrogen-bond acceptors (Lipinski definition) is 6. The molecule has 0 aliphatic carbocycles. The molecule has 2 aromatic rings. The van der Waals surface area contributed by atoms with Crippen LogP contribution in [0.2, 0.25) is 0 Å². The Morgan fingerprint density at radius 2 is 1.70 bits per heavy atom. The van der Waals surface area contributed by atoms with E-state index >= 15 is 0 Å². The number of carbonyl (C=O) groups excluding carboxylic acids is 2. The van der Waals surface area contributed by atoms with E-state index in [1.54, 1.807) is 35.0 Å². The fourth-order valence-corrected chi connectivity index (χ4v) is 4.40. The summed E-state index contributed by atoms with van der Waals surface area (Å²) in [6.45, 7) is 6.26. The number of ether oxygens (including phenoxy) is 3. The van der Waals surface area contributed by atoms with Gasteiger partial charge in [0.15, 0.2) is 11.5 Å². The molecule has 7 heteroatoms. The lowest BCUT2D eigenvalue weighted by Crippen LogP contribution is -2.42. The second-order valence-corrected chi connectivity index (χ2v) is 9.14. The third-order valence-electron chi connectivity index (χ3n) is 5.86. The van der Waals surface area contributed by atoms with E-state index in [1.165, 1.54) is 4.90 Å². The van der Waals surface area contributed by atoms with Crippen LogP contribution in [0.25, 0.3) is 0 Å². The predicted octanol–water partition coefficient (Wildman–Crippen LogP) is 4.51. The number of amides is 2. The van der Waals surface area contributed by atoms with Crippen LogP contribution in [0, 0.1) is 0 Å². The van der Waals surface area contributed by atoms with Crippen molar-refractivity contribution in [1.82, 2.24) is 4.90 Å². The van der Waals surface area contributed by atoms with Gasteiger partial charge in [-0.2, -0.15) is 0 Å². The lowest BCUT2D eigenvalue weighted by molar-refractivity contribution is -0.125. The molecule has 0 N–H and O–H groups in total. The van der Waals surface area contributed by atoms with Gasteiger partial charge < -0.3 is 19.1 Å². The third-order valence-corrected chi connectivity index (χ3v) is 5.86. The second kappa shape index (κ2) is 8.81. The summed E-state index contributed by atoms with van der Waals surface area (Å²) < 4.78 is 16.5. The van der Waals surface area contributed by atoms with Gasteiger partial charge in [-0.05, 0) is 62.6 Å². The largest absolute Gasteiger partial charge is 0.493 e. The van der Waals surface area contributed by atoms with Gasteiger partial charge in [0.25, 0.3) is 5.91 Å². The monoisotopic (exact) mass is 450 g/mol. The van der Waals surface area contributed by atoms with Crippen LogP contribution in [0.1, 0.15) is 37.9 Å². The predicted molar refractivity (Wildman–Crippen MR) is 126 cm³/mol. The molecule has 0 unspecified atom stereocenters. The van der Waals surface area contributed by atoms with Crippen LogP contribution in [0.5, 0.6) is 11.5 Å². The second-order valence-electron chi connectivity index (χ2n) is 9.14. The summed E-state index contributed by atoms with van der Waals surface area (Å²) in [6, 6.07) is 13.6. The molecule has 0 fully saturated rings. The Hall–Kier alpha value is -3.48. The SMILES string of the molecule is COc1cc2c(cc1OC)[C@@H](C1=CCN(C(=O)OC(C)(C)C)C1=O)N(c1ccccc1)CC2. The highest BCUT2D eigenvalue weighted by Gasteiger charge is 2.41. The van der Waals surface area contributed by atoms with E-state index in [1.807, 2.05) is 48.5 Å². The van der Waals surface area contributed by atoms with Crippen LogP contribution >= 0.6 is 0 Å². The van der Waals surface area contributed by atoms with Crippen LogP contribution in [-0.4, -0.2) is 49.8 Å². The first-order valence-corrected chi connectivity index (χ1v) is 11.0. The van der Waals surface area contributed by atoms with E-state index in [0.717, 1.165) is 23.2 Å². The van der Waals surface area contributed by atoms with Gasteiger partial charge in [-0.15, -0.1) is 0 Å². The van der Waals surface area contributed by atoms with Crippen LogP contribution in [0.15, 0.2) is 54.1 Å². The molecule has 1 atom stereocenters. The first-order valence-electron chi connectivity index (χ1n) is 11.0. The zero-order valence-electron chi connectivity index (χ0n) is 19.8. The Labute approximate surface area is 194 Å². The molecule has 0 saturated carbocycles. The van der Waals surface area contributed by atoms with Crippen molar-refractivity contribution in [3.63, 3.8) is 0 Å². The van der Waals surface area contributed by atoms with Crippen molar-refractivity contribution in [1.29, 1.82) is 0 Å². The zero-order valence-corrected chi connectivity index (χ0v) is 19.8. The van der Waals surface area contributed by atoms with Gasteiger partial charge in [-0.25, -0.2) is 9.69 Å². The Kier molecular flexibility index (Phi) is 6.06. The third kappa shape index (κ3) is 4.40. The average Bonchev–Trinajstić information content (AvgIpc) is 3.17. The highest BCUT2D eigenvalue weighted by Crippen LogP contribution is 2.44. The van der Waals surface area contributed by atoms with Gasteiger partial charge in [0.2, 0.25) is 0 Å². The summed E-state index contributed by atoms with van der Waals surface area (Å²) in [5.74, 6) is 0.925. The van der Waals surface area contributed by atoms with Crippen LogP contribution in [0.3, 0.4) is 0 Å². The topological polar surface area (TPSA) is 68.3 Å². The maximum Gasteiger partial charge on any atom is 0.417 e. The van der Waals surface area contributed by atoms with E-state index < -0.39 is 11.7 Å². The molecule has 0 aromatic heterocycles. The zero-order chi connectivity index (χ0) is 23.8. The van der Waals surface area contributed by atoms with Crippen molar-refractivity contribution in [2.24, 2.45) is 0 Å². The van der Waals surface area contributed by atoms with Crippen molar-refractivity contribution in [2.75, 3.05) is 32.2 Å². The van der Waals surface area contributed by atoms with Crippen molar-refractivity contribution in [3.8, 4) is 11.5 Å². The van der Waals surface area contributed by atoms with E-state index in [0.29, 0.717) is 23.6 Å². The number of fused-ring (bicyclic) bond motifs is 1. The molecule has 33 heavy (non-hydrogen) atoms. The molecular weight excluding hydrogens is 420 g/mol. The van der Waals surface area contributed by atoms with Crippen LogP contribution in [0.4, 0.5) is 10.5 Å². The van der Waals surface area contributed by atoms with Gasteiger partial charge in [-0.1, -0.05) is 24.3 Å². The molecule has 0 spiro atoms. The number of rotatable bonds is 4. The van der Waals surface area contributed by atoms with Gasteiger partial charge in [0.05, 0.1) is 26.8 Å². The van der Waals surface area contributed by atoms with Gasteiger partial charge in [0, 0.05) is 17.8 Å². The van der Waals surface area contributed by atoms with Crippen LogP contribution in [-0.2, 0) is 16.0 Å². The number of nitrogens with zero attached hydrogens (tertiary/aromatic N) is 2. The van der Waals surface area contributed by atoms with E-state index in [2.05, 4.69) is 4.90 Å². The molecule has 4 rings (SSSR count). The minimum Gasteiger partial charge on any atom is -0.493 e. The summed E-state index contributed by atoms with van der Waals surface area (Å²) >= 11 is 0. The van der Waals surface area contributed by atoms with E-state index in [9.17, 15) is 9.59 Å². The van der Waals surface area contributed by atoms with Crippen molar-refractivity contribution in [2.45, 2.75) is 38.8 Å². The Bertz CT molecular complexity index is 1090. The molecule has 7 nitrogen and oxygen atoms in total. The Balaban J connectivity index is 1.76. The fourth-order valence-electron chi connectivity index (χ4n) is 4.40. The van der Waals surface area contributed by atoms with E-state index in [4.69, 9.17) is 14.2 Å². The molecule has 2 aromatic carbocycles. The van der Waals surface area contributed by atoms with Gasteiger partial charge in [-0.3, -0.25) is 4.79 Å². The van der Waals surface area contributed by atoms with Crippen LogP contribution < -0.4 is 14.4 Å². The maximum absolute atomic E-state index is 13.5. The Morgan fingerprint density at radius 1 is 1.03 bits per heavy atom.